The largest absolute Gasteiger partial charge is 0.496 e. The van der Waals surface area contributed by atoms with E-state index in [1.807, 2.05) is 0 Å². The van der Waals surface area contributed by atoms with Gasteiger partial charge in [0.2, 0.25) is 5.91 Å². The summed E-state index contributed by atoms with van der Waals surface area (Å²) in [4.78, 5) is 38.6. The van der Waals surface area contributed by atoms with Crippen LogP contribution in [-0.4, -0.2) is 60.6 Å². The summed E-state index contributed by atoms with van der Waals surface area (Å²) < 4.78 is 11.0. The number of esters is 1. The Morgan fingerprint density at radius 1 is 1.37 bits per heavy atom. The zero-order valence-corrected chi connectivity index (χ0v) is 19.4. The number of carbonyl (C=O) groups excluding carboxylic acids is 3. The maximum Gasteiger partial charge on any atom is 0.308 e. The Bertz CT molecular complexity index is 805. The van der Waals surface area contributed by atoms with Crippen molar-refractivity contribution in [3.05, 3.63) is 28.2 Å². The monoisotopic (exact) mass is 499 g/mol. The molecule has 0 spiro atoms. The van der Waals surface area contributed by atoms with Crippen LogP contribution in [0.3, 0.4) is 0 Å². The maximum absolute atomic E-state index is 12.6. The highest BCUT2D eigenvalue weighted by Crippen LogP contribution is 2.25. The summed E-state index contributed by atoms with van der Waals surface area (Å²) in [5.41, 5.74) is 0.373. The second kappa shape index (κ2) is 11.8. The molecular formula is C20H26BrN3O5S. The molecule has 8 nitrogen and oxygen atoms in total. The third-order valence-corrected chi connectivity index (χ3v) is 5.55. The number of halogens is 1. The van der Waals surface area contributed by atoms with Crippen molar-refractivity contribution in [2.24, 2.45) is 0 Å². The van der Waals surface area contributed by atoms with Gasteiger partial charge in [-0.1, -0.05) is 19.8 Å². The number of unbranched alkanes of at least 4 members (excludes halogenated alkanes) is 2. The summed E-state index contributed by atoms with van der Waals surface area (Å²) in [7, 11) is 1.53. The molecule has 1 aliphatic heterocycles. The second-order valence-corrected chi connectivity index (χ2v) is 7.98. The maximum atomic E-state index is 12.6. The summed E-state index contributed by atoms with van der Waals surface area (Å²) in [6.45, 7) is 3.14. The molecule has 1 heterocycles. The van der Waals surface area contributed by atoms with Crippen LogP contribution in [0.5, 0.6) is 5.75 Å². The molecule has 1 aromatic rings. The molecule has 2 rings (SSSR count). The number of carbonyl (C=O) groups is 3. The highest BCUT2D eigenvalue weighted by atomic mass is 79.9. The molecule has 2 N–H and O–H groups in total. The van der Waals surface area contributed by atoms with E-state index < -0.39 is 17.9 Å². The van der Waals surface area contributed by atoms with E-state index in [9.17, 15) is 14.4 Å². The predicted molar refractivity (Wildman–Crippen MR) is 119 cm³/mol. The lowest BCUT2D eigenvalue weighted by molar-refractivity contribution is -0.147. The third kappa shape index (κ3) is 6.66. The molecule has 0 aliphatic carbocycles. The Morgan fingerprint density at radius 2 is 2.13 bits per heavy atom. The molecule has 0 radical (unpaired) electrons. The van der Waals surface area contributed by atoms with E-state index >= 15 is 0 Å². The average Bonchev–Trinajstić information content (AvgIpc) is 2.72. The van der Waals surface area contributed by atoms with E-state index in [0.29, 0.717) is 35.5 Å². The quantitative estimate of drug-likeness (QED) is 0.322. The van der Waals surface area contributed by atoms with Crippen molar-refractivity contribution in [3.8, 4) is 5.75 Å². The fourth-order valence-electron chi connectivity index (χ4n) is 2.96. The van der Waals surface area contributed by atoms with Gasteiger partial charge in [-0.25, -0.2) is 0 Å². The first kappa shape index (κ1) is 24.1. The van der Waals surface area contributed by atoms with Gasteiger partial charge in [0, 0.05) is 18.7 Å². The highest BCUT2D eigenvalue weighted by Gasteiger charge is 2.34. The van der Waals surface area contributed by atoms with Gasteiger partial charge in [-0.15, -0.1) is 0 Å². The lowest BCUT2D eigenvalue weighted by atomic mass is 10.1. The highest BCUT2D eigenvalue weighted by molar-refractivity contribution is 9.10. The molecule has 1 unspecified atom stereocenters. The van der Waals surface area contributed by atoms with Crippen LogP contribution in [0, 0.1) is 0 Å². The number of amides is 2. The third-order valence-electron chi connectivity index (χ3n) is 4.60. The summed E-state index contributed by atoms with van der Waals surface area (Å²) in [5, 5.41) is 5.45. The van der Waals surface area contributed by atoms with E-state index in [1.54, 1.807) is 23.1 Å². The van der Waals surface area contributed by atoms with Crippen LogP contribution in [0.1, 0.15) is 43.0 Å². The van der Waals surface area contributed by atoms with Crippen LogP contribution >= 0.6 is 28.1 Å². The first-order valence-electron chi connectivity index (χ1n) is 9.76. The zero-order valence-electron chi connectivity index (χ0n) is 17.0. The van der Waals surface area contributed by atoms with E-state index in [2.05, 4.69) is 33.5 Å². The van der Waals surface area contributed by atoms with Gasteiger partial charge in [0.15, 0.2) is 5.11 Å². The summed E-state index contributed by atoms with van der Waals surface area (Å²) in [6.07, 6.45) is 2.65. The van der Waals surface area contributed by atoms with Crippen LogP contribution in [0.4, 0.5) is 0 Å². The van der Waals surface area contributed by atoms with Crippen LogP contribution in [-0.2, 0) is 14.3 Å². The molecule has 1 fully saturated rings. The molecule has 164 valence electrons. The summed E-state index contributed by atoms with van der Waals surface area (Å²) >= 11 is 8.70. The van der Waals surface area contributed by atoms with E-state index in [0.717, 1.165) is 19.3 Å². The number of benzene rings is 1. The SMILES string of the molecule is CCCCCOC(=O)CC1C(=O)NCCN1C(=S)NC(=O)c1ccc(OC)c(Br)c1. The molecule has 10 heteroatoms. The van der Waals surface area contributed by atoms with Crippen LogP contribution in [0.15, 0.2) is 22.7 Å². The van der Waals surface area contributed by atoms with Crippen molar-refractivity contribution >= 4 is 51.0 Å². The van der Waals surface area contributed by atoms with Crippen LogP contribution < -0.4 is 15.4 Å². The van der Waals surface area contributed by atoms with Gasteiger partial charge in [-0.2, -0.15) is 0 Å². The van der Waals surface area contributed by atoms with Gasteiger partial charge in [-0.3, -0.25) is 19.7 Å². The van der Waals surface area contributed by atoms with Crippen LogP contribution in [0.25, 0.3) is 0 Å². The smallest absolute Gasteiger partial charge is 0.308 e. The van der Waals surface area contributed by atoms with E-state index in [-0.39, 0.29) is 17.4 Å². The van der Waals surface area contributed by atoms with Crippen molar-refractivity contribution in [1.29, 1.82) is 0 Å². The molecule has 1 atom stereocenters. The molecule has 1 saturated heterocycles. The average molecular weight is 500 g/mol. The number of methoxy groups -OCH3 is 1. The Morgan fingerprint density at radius 3 is 2.80 bits per heavy atom. The fourth-order valence-corrected chi connectivity index (χ4v) is 3.82. The fraction of sp³-hybridized carbons (Fsp3) is 0.500. The number of thiocarbonyl (C=S) groups is 1. The number of hydrogen-bond donors (Lipinski definition) is 2. The molecular weight excluding hydrogens is 474 g/mol. The molecule has 1 aromatic carbocycles. The molecule has 30 heavy (non-hydrogen) atoms. The van der Waals surface area contributed by atoms with Crippen molar-refractivity contribution in [3.63, 3.8) is 0 Å². The molecule has 0 saturated carbocycles. The molecule has 2 amide bonds. The van der Waals surface area contributed by atoms with Gasteiger partial charge in [-0.05, 0) is 52.8 Å². The van der Waals surface area contributed by atoms with Gasteiger partial charge in [0.25, 0.3) is 5.91 Å². The topological polar surface area (TPSA) is 97.0 Å². The second-order valence-electron chi connectivity index (χ2n) is 6.74. The summed E-state index contributed by atoms with van der Waals surface area (Å²) in [6, 6.07) is 4.06. The number of nitrogens with zero attached hydrogens (tertiary/aromatic N) is 1. The minimum atomic E-state index is -0.826. The van der Waals surface area contributed by atoms with Crippen molar-refractivity contribution in [2.75, 3.05) is 26.8 Å². The van der Waals surface area contributed by atoms with Gasteiger partial charge >= 0.3 is 5.97 Å². The number of rotatable bonds is 8. The number of piperazine rings is 1. The molecule has 0 aromatic heterocycles. The normalized spacial score (nSPS) is 15.9. The summed E-state index contributed by atoms with van der Waals surface area (Å²) in [5.74, 6) is -0.614. The predicted octanol–water partition coefficient (Wildman–Crippen LogP) is 2.40. The lowest BCUT2D eigenvalue weighted by Gasteiger charge is -2.36. The van der Waals surface area contributed by atoms with Gasteiger partial charge in [0.05, 0.1) is 24.6 Å². The number of nitrogens with one attached hydrogen (secondary N) is 2. The first-order valence-corrected chi connectivity index (χ1v) is 11.0. The molecule has 0 bridgehead atoms. The minimum absolute atomic E-state index is 0.0885. The number of hydrogen-bond acceptors (Lipinski definition) is 6. The zero-order chi connectivity index (χ0) is 22.1. The number of ether oxygens (including phenoxy) is 2. The lowest BCUT2D eigenvalue weighted by Crippen LogP contribution is -2.60. The van der Waals surface area contributed by atoms with E-state index in [1.165, 1.54) is 7.11 Å². The van der Waals surface area contributed by atoms with E-state index in [4.69, 9.17) is 21.7 Å². The minimum Gasteiger partial charge on any atom is -0.496 e. The van der Waals surface area contributed by atoms with Crippen LogP contribution in [0.2, 0.25) is 0 Å². The Hall–Kier alpha value is -2.20. The van der Waals surface area contributed by atoms with Gasteiger partial charge < -0.3 is 19.7 Å². The van der Waals surface area contributed by atoms with Crippen molar-refractivity contribution in [2.45, 2.75) is 38.6 Å². The Balaban J connectivity index is 2.00. The Labute approximate surface area is 189 Å². The first-order chi connectivity index (χ1) is 14.4. The van der Waals surface area contributed by atoms with Crippen molar-refractivity contribution < 1.29 is 23.9 Å². The molecule has 1 aliphatic rings. The van der Waals surface area contributed by atoms with Gasteiger partial charge in [0.1, 0.15) is 11.8 Å². The Kier molecular flexibility index (Phi) is 9.51. The standard InChI is InChI=1S/C20H26BrN3O5S/c1-3-4-5-10-29-17(25)12-15-19(27)22-8-9-24(15)20(30)23-18(26)13-6-7-16(28-2)14(21)11-13/h6-7,11,15H,3-5,8-10,12H2,1-2H3,(H,22,27)(H,23,26,30). The van der Waals surface area contributed by atoms with Crippen molar-refractivity contribution in [1.82, 2.24) is 15.5 Å².